The van der Waals surface area contributed by atoms with E-state index < -0.39 is 0 Å². The lowest BCUT2D eigenvalue weighted by Crippen LogP contribution is -1.82. The van der Waals surface area contributed by atoms with E-state index in [1.165, 1.54) is 11.3 Å². The molecule has 0 unspecified atom stereocenters. The van der Waals surface area contributed by atoms with Gasteiger partial charge >= 0.3 is 0 Å². The molecule has 0 saturated heterocycles. The van der Waals surface area contributed by atoms with Crippen molar-refractivity contribution < 1.29 is 0 Å². The lowest BCUT2D eigenvalue weighted by molar-refractivity contribution is 1.85. The first-order valence-corrected chi connectivity index (χ1v) is 3.25. The summed E-state index contributed by atoms with van der Waals surface area (Å²) in [6.07, 6.45) is 0. The molecule has 1 heterocycles. The topological polar surface area (TPSA) is 52.0 Å². The highest BCUT2D eigenvalue weighted by Crippen LogP contribution is 2.31. The first-order chi connectivity index (χ1) is 3.72. The Bertz CT molecular complexity index is 176. The number of hydrogen-bond donors (Lipinski definition) is 2. The lowest BCUT2D eigenvalue weighted by atomic mass is 10.5. The molecule has 0 radical (unpaired) electrons. The van der Waals surface area contributed by atoms with Crippen LogP contribution >= 0.6 is 22.9 Å². The van der Waals surface area contributed by atoms with Crippen LogP contribution in [0.5, 0.6) is 0 Å². The normalized spacial score (nSPS) is 9.62. The fourth-order valence-corrected chi connectivity index (χ4v) is 1.22. The van der Waals surface area contributed by atoms with E-state index in [1.54, 1.807) is 5.38 Å². The molecular weight excluding hydrogens is 144 g/mol. The maximum atomic E-state index is 5.55. The predicted molar refractivity (Wildman–Crippen MR) is 38.2 cm³/mol. The summed E-state index contributed by atoms with van der Waals surface area (Å²) in [5, 5.41) is 2.79. The zero-order chi connectivity index (χ0) is 6.15. The third kappa shape index (κ3) is 0.743. The Morgan fingerprint density at radius 1 is 1.50 bits per heavy atom. The highest BCUT2D eigenvalue weighted by atomic mass is 35.5. The van der Waals surface area contributed by atoms with Crippen molar-refractivity contribution in [2.24, 2.45) is 0 Å². The van der Waals surface area contributed by atoms with Crippen molar-refractivity contribution in [3.63, 3.8) is 0 Å². The van der Waals surface area contributed by atoms with Gasteiger partial charge in [0.25, 0.3) is 0 Å². The molecule has 4 N–H and O–H groups in total. The van der Waals surface area contributed by atoms with E-state index >= 15 is 0 Å². The number of nitrogen functional groups attached to an aromatic ring is 2. The molecule has 4 heteroatoms. The van der Waals surface area contributed by atoms with Crippen molar-refractivity contribution in [1.29, 1.82) is 0 Å². The second-order valence-electron chi connectivity index (χ2n) is 1.37. The predicted octanol–water partition coefficient (Wildman–Crippen LogP) is 1.57. The highest BCUT2D eigenvalue weighted by molar-refractivity contribution is 7.15. The summed E-state index contributed by atoms with van der Waals surface area (Å²) < 4.78 is 0. The van der Waals surface area contributed by atoms with E-state index in [4.69, 9.17) is 23.1 Å². The van der Waals surface area contributed by atoms with Crippen LogP contribution in [0.1, 0.15) is 0 Å². The third-order valence-electron chi connectivity index (χ3n) is 0.783. The van der Waals surface area contributed by atoms with Crippen LogP contribution in [-0.4, -0.2) is 0 Å². The number of halogens is 1. The van der Waals surface area contributed by atoms with E-state index in [9.17, 15) is 0 Å². The van der Waals surface area contributed by atoms with Crippen LogP contribution in [0.15, 0.2) is 5.38 Å². The smallest absolute Gasteiger partial charge is 0.107 e. The number of anilines is 2. The number of thiophene rings is 1. The van der Waals surface area contributed by atoms with Gasteiger partial charge in [0.1, 0.15) is 5.00 Å². The zero-order valence-electron chi connectivity index (χ0n) is 4.02. The SMILES string of the molecule is Nc1csc(N)c1Cl. The summed E-state index contributed by atoms with van der Waals surface area (Å²) in [5.74, 6) is 0. The fraction of sp³-hybridized carbons (Fsp3) is 0. The number of nitrogens with two attached hydrogens (primary N) is 2. The molecule has 0 fully saturated rings. The molecule has 1 aromatic heterocycles. The van der Waals surface area contributed by atoms with Crippen molar-refractivity contribution >= 4 is 33.6 Å². The molecule has 0 amide bonds. The van der Waals surface area contributed by atoms with Crippen LogP contribution in [0.4, 0.5) is 10.7 Å². The quantitative estimate of drug-likeness (QED) is 0.587. The Morgan fingerprint density at radius 2 is 2.12 bits per heavy atom. The lowest BCUT2D eigenvalue weighted by Gasteiger charge is -1.84. The van der Waals surface area contributed by atoms with Crippen LogP contribution in [0.2, 0.25) is 5.02 Å². The second-order valence-corrected chi connectivity index (χ2v) is 2.66. The molecule has 1 rings (SSSR count). The molecule has 0 aliphatic rings. The monoisotopic (exact) mass is 148 g/mol. The van der Waals surface area contributed by atoms with E-state index in [0.29, 0.717) is 15.7 Å². The molecular formula is C4H5ClN2S. The highest BCUT2D eigenvalue weighted by Gasteiger charge is 2.00. The van der Waals surface area contributed by atoms with Crippen molar-refractivity contribution in [3.05, 3.63) is 10.4 Å². The van der Waals surface area contributed by atoms with Crippen LogP contribution in [-0.2, 0) is 0 Å². The Balaban J connectivity index is 3.19. The molecule has 0 spiro atoms. The Hall–Kier alpha value is -0.410. The maximum absolute atomic E-state index is 5.55. The number of hydrogen-bond acceptors (Lipinski definition) is 3. The molecule has 0 saturated carbocycles. The Kier molecular flexibility index (Phi) is 1.31. The van der Waals surface area contributed by atoms with Gasteiger partial charge in [-0.15, -0.1) is 11.3 Å². The first-order valence-electron chi connectivity index (χ1n) is 1.99. The van der Waals surface area contributed by atoms with E-state index in [0.717, 1.165) is 0 Å². The average Bonchev–Trinajstić information content (AvgIpc) is 1.98. The van der Waals surface area contributed by atoms with E-state index in [1.807, 2.05) is 0 Å². The molecule has 1 aromatic rings. The maximum Gasteiger partial charge on any atom is 0.107 e. The van der Waals surface area contributed by atoms with Crippen LogP contribution in [0.25, 0.3) is 0 Å². The van der Waals surface area contributed by atoms with E-state index in [2.05, 4.69) is 0 Å². The first kappa shape index (κ1) is 5.72. The second kappa shape index (κ2) is 1.84. The summed E-state index contributed by atoms with van der Waals surface area (Å²) >= 11 is 6.91. The molecule has 0 aromatic carbocycles. The minimum atomic E-state index is 0.481. The average molecular weight is 149 g/mol. The fourth-order valence-electron chi connectivity index (χ4n) is 0.373. The zero-order valence-corrected chi connectivity index (χ0v) is 5.59. The molecule has 8 heavy (non-hydrogen) atoms. The summed E-state index contributed by atoms with van der Waals surface area (Å²) in [5.41, 5.74) is 11.3. The summed E-state index contributed by atoms with van der Waals surface area (Å²) in [6.45, 7) is 0. The molecule has 0 atom stereocenters. The van der Waals surface area contributed by atoms with Crippen LogP contribution in [0.3, 0.4) is 0 Å². The van der Waals surface area contributed by atoms with E-state index in [-0.39, 0.29) is 0 Å². The largest absolute Gasteiger partial charge is 0.397 e. The van der Waals surface area contributed by atoms with Crippen LogP contribution < -0.4 is 11.5 Å². The van der Waals surface area contributed by atoms with Gasteiger partial charge in [0.15, 0.2) is 0 Å². The van der Waals surface area contributed by atoms with Crippen LogP contribution in [0, 0.1) is 0 Å². The van der Waals surface area contributed by atoms with Gasteiger partial charge in [0.05, 0.1) is 10.7 Å². The van der Waals surface area contributed by atoms with Gasteiger partial charge in [-0.25, -0.2) is 0 Å². The van der Waals surface area contributed by atoms with Gasteiger partial charge in [-0.3, -0.25) is 0 Å². The molecule has 0 bridgehead atoms. The summed E-state index contributed by atoms with van der Waals surface area (Å²) in [4.78, 5) is 0. The van der Waals surface area contributed by atoms with Crippen molar-refractivity contribution in [1.82, 2.24) is 0 Å². The van der Waals surface area contributed by atoms with Gasteiger partial charge in [-0.1, -0.05) is 11.6 Å². The van der Waals surface area contributed by atoms with Gasteiger partial charge in [0.2, 0.25) is 0 Å². The Morgan fingerprint density at radius 3 is 2.25 bits per heavy atom. The van der Waals surface area contributed by atoms with Gasteiger partial charge in [-0.05, 0) is 0 Å². The van der Waals surface area contributed by atoms with Crippen molar-refractivity contribution in [2.45, 2.75) is 0 Å². The van der Waals surface area contributed by atoms with Gasteiger partial charge in [0, 0.05) is 5.38 Å². The Labute approximate surface area is 56.1 Å². The summed E-state index contributed by atoms with van der Waals surface area (Å²) in [7, 11) is 0. The molecule has 0 aliphatic carbocycles. The molecule has 44 valence electrons. The standard InChI is InChI=1S/C4H5ClN2S/c5-3-2(6)1-8-4(3)7/h1H,6-7H2. The number of rotatable bonds is 0. The van der Waals surface area contributed by atoms with Crippen molar-refractivity contribution in [3.8, 4) is 0 Å². The van der Waals surface area contributed by atoms with Gasteiger partial charge in [-0.2, -0.15) is 0 Å². The third-order valence-corrected chi connectivity index (χ3v) is 2.15. The summed E-state index contributed by atoms with van der Waals surface area (Å²) in [6, 6.07) is 0. The minimum absolute atomic E-state index is 0.481. The molecule has 0 aliphatic heterocycles. The molecule has 2 nitrogen and oxygen atoms in total. The van der Waals surface area contributed by atoms with Crippen molar-refractivity contribution in [2.75, 3.05) is 11.5 Å². The minimum Gasteiger partial charge on any atom is -0.397 e. The van der Waals surface area contributed by atoms with Gasteiger partial charge < -0.3 is 11.5 Å².